The lowest BCUT2D eigenvalue weighted by atomic mass is 9.55. The molecule has 0 aliphatic heterocycles. The molecule has 0 rings (SSSR count). The Kier molecular flexibility index (Phi) is 1.69. The van der Waals surface area contributed by atoms with Crippen LogP contribution in [0, 0.1) is 0 Å². The molecule has 0 aromatic heterocycles. The first kappa shape index (κ1) is 6.06. The van der Waals surface area contributed by atoms with E-state index in [0.717, 1.165) is 0 Å². The molecule has 0 aliphatic carbocycles. The van der Waals surface area contributed by atoms with Crippen molar-refractivity contribution >= 4 is 15.4 Å². The fourth-order valence-electron chi connectivity index (χ4n) is 0. The van der Waals surface area contributed by atoms with Crippen LogP contribution in [0.1, 0.15) is 13.8 Å². The summed E-state index contributed by atoms with van der Waals surface area (Å²) in [4.78, 5) is 0. The highest BCUT2D eigenvalue weighted by molar-refractivity contribution is 6.47. The Balaban J connectivity index is 3.17. The molecule has 3 heteroatoms. The molecule has 0 unspecified atom stereocenters. The van der Waals surface area contributed by atoms with Crippen molar-refractivity contribution in [3.05, 3.63) is 0 Å². The van der Waals surface area contributed by atoms with Gasteiger partial charge >= 0.3 is 7.56 Å². The fourth-order valence-corrected chi connectivity index (χ4v) is 0. The molecule has 3 radical (unpaired) electrons. The Hall–Kier alpha value is 0.0599. The highest BCUT2D eigenvalue weighted by atomic mass is 19.1. The van der Waals surface area contributed by atoms with Gasteiger partial charge in [0.1, 0.15) is 0 Å². The lowest BCUT2D eigenvalue weighted by Gasteiger charge is -2.07. The molecule has 0 saturated heterocycles. The van der Waals surface area contributed by atoms with Crippen LogP contribution in [-0.2, 0) is 0 Å². The van der Waals surface area contributed by atoms with Crippen molar-refractivity contribution in [3.8, 4) is 0 Å². The molecule has 0 aromatic rings. The fraction of sp³-hybridized carbons (Fsp3) is 1.00. The molecule has 0 amide bonds. The molecule has 0 N–H and O–H groups in total. The molecule has 0 saturated carbocycles. The van der Waals surface area contributed by atoms with E-state index < -0.39 is 5.21 Å². The van der Waals surface area contributed by atoms with Crippen molar-refractivity contribution in [2.75, 3.05) is 0 Å². The molecule has 0 fully saturated rings. The third kappa shape index (κ3) is 4.06. The molecule has 0 bridgehead atoms. The minimum absolute atomic E-state index is 0.465. The summed E-state index contributed by atoms with van der Waals surface area (Å²) >= 11 is 0. The summed E-state index contributed by atoms with van der Waals surface area (Å²) in [6.07, 6.45) is 0. The van der Waals surface area contributed by atoms with Crippen LogP contribution >= 0.6 is 0 Å². The lowest BCUT2D eigenvalue weighted by Crippen LogP contribution is -2.06. The Morgan fingerprint density at radius 2 is 1.83 bits per heavy atom. The maximum atomic E-state index is 11.2. The number of hydrogen-bond donors (Lipinski definition) is 0. The first-order chi connectivity index (χ1) is 2.56. The zero-order valence-electron chi connectivity index (χ0n) is 4.03. The quantitative estimate of drug-likeness (QED) is 0.413. The average molecular weight is 82.7 g/mol. The van der Waals surface area contributed by atoms with Crippen LogP contribution in [0.2, 0.25) is 5.21 Å². The van der Waals surface area contributed by atoms with Crippen molar-refractivity contribution in [2.24, 2.45) is 0 Å². The van der Waals surface area contributed by atoms with E-state index in [-0.39, 0.29) is 0 Å². The summed E-state index contributed by atoms with van der Waals surface area (Å²) < 4.78 is 11.2. The molecule has 31 valence electrons. The molecule has 6 heavy (non-hydrogen) atoms. The van der Waals surface area contributed by atoms with Crippen LogP contribution in [0.3, 0.4) is 0 Å². The Labute approximate surface area is 39.8 Å². The first-order valence-corrected chi connectivity index (χ1v) is 1.80. The van der Waals surface area contributed by atoms with Crippen molar-refractivity contribution in [1.29, 1.82) is 0 Å². The molecular formula is C3H6B2F. The summed E-state index contributed by atoms with van der Waals surface area (Å²) in [6.45, 7) is 3.18. The number of hydrogen-bond acceptors (Lipinski definition) is 0. The smallest absolute Gasteiger partial charge is 0.343 e. The van der Waals surface area contributed by atoms with E-state index >= 15 is 0 Å². The van der Waals surface area contributed by atoms with Gasteiger partial charge in [-0.25, -0.2) is 0 Å². The zero-order valence-corrected chi connectivity index (χ0v) is 4.03. The number of halogens is 1. The van der Waals surface area contributed by atoms with Crippen LogP contribution < -0.4 is 0 Å². The van der Waals surface area contributed by atoms with Gasteiger partial charge in [-0.15, -0.1) is 0 Å². The van der Waals surface area contributed by atoms with Crippen LogP contribution in [0.4, 0.5) is 4.32 Å². The van der Waals surface area contributed by atoms with Crippen LogP contribution in [0.25, 0.3) is 0 Å². The van der Waals surface area contributed by atoms with Crippen LogP contribution in [0.15, 0.2) is 0 Å². The van der Waals surface area contributed by atoms with Crippen LogP contribution in [0.5, 0.6) is 0 Å². The second-order valence-electron chi connectivity index (χ2n) is 1.93. The van der Waals surface area contributed by atoms with Gasteiger partial charge in [0.2, 0.25) is 0 Å². The predicted octanol–water partition coefficient (Wildman–Crippen LogP) is 0.900. The monoisotopic (exact) mass is 83.1 g/mol. The molecule has 0 nitrogen and oxygen atoms in total. The minimum atomic E-state index is -0.750. The topological polar surface area (TPSA) is 0 Å². The van der Waals surface area contributed by atoms with Crippen molar-refractivity contribution in [2.45, 2.75) is 19.1 Å². The van der Waals surface area contributed by atoms with E-state index in [1.54, 1.807) is 13.8 Å². The molecule has 0 spiro atoms. The Bertz CT molecular complexity index is 38.5. The first-order valence-electron chi connectivity index (χ1n) is 1.80. The number of rotatable bonds is 1. The van der Waals surface area contributed by atoms with Crippen molar-refractivity contribution in [3.63, 3.8) is 0 Å². The summed E-state index contributed by atoms with van der Waals surface area (Å²) in [7, 11) is 5.57. The maximum Gasteiger partial charge on any atom is 0.351 e. The highest BCUT2D eigenvalue weighted by Gasteiger charge is 2.10. The van der Waals surface area contributed by atoms with Gasteiger partial charge in [-0.1, -0.05) is 19.1 Å². The largest absolute Gasteiger partial charge is 0.351 e. The molecule has 0 atom stereocenters. The molecule has 0 aliphatic rings. The van der Waals surface area contributed by atoms with Gasteiger partial charge < -0.3 is 4.32 Å². The van der Waals surface area contributed by atoms with E-state index in [2.05, 4.69) is 0 Å². The van der Waals surface area contributed by atoms with Gasteiger partial charge in [0.25, 0.3) is 0 Å². The summed E-state index contributed by atoms with van der Waals surface area (Å²) in [5.74, 6) is 0. The van der Waals surface area contributed by atoms with Gasteiger partial charge in [-0.05, 0) is 0 Å². The van der Waals surface area contributed by atoms with Crippen LogP contribution in [-0.4, -0.2) is 15.4 Å². The summed E-state index contributed by atoms with van der Waals surface area (Å²) in [5, 5.41) is -0.750. The van der Waals surface area contributed by atoms with Gasteiger partial charge in [-0.3, -0.25) is 0 Å². The highest BCUT2D eigenvalue weighted by Crippen LogP contribution is 2.14. The summed E-state index contributed by atoms with van der Waals surface area (Å²) in [5.41, 5.74) is 0. The van der Waals surface area contributed by atoms with Crippen molar-refractivity contribution in [1.82, 2.24) is 0 Å². The SMILES string of the molecule is [B]C(C)(C)[B]F. The second kappa shape index (κ2) is 1.67. The molecular weight excluding hydrogens is 76.7 g/mol. The van der Waals surface area contributed by atoms with Gasteiger partial charge in [0, 0.05) is 0 Å². The third-order valence-corrected chi connectivity index (χ3v) is 0.281. The lowest BCUT2D eigenvalue weighted by molar-refractivity contribution is 0.787. The molecule has 0 heterocycles. The predicted molar refractivity (Wildman–Crippen MR) is 26.7 cm³/mol. The average Bonchev–Trinajstić information content (AvgIpc) is 1.35. The standard InChI is InChI=1S/C3H6B2F/c1-3(2,4)5-6/h1-2H3. The van der Waals surface area contributed by atoms with Gasteiger partial charge in [0.15, 0.2) is 0 Å². The maximum absolute atomic E-state index is 11.2. The van der Waals surface area contributed by atoms with Gasteiger partial charge in [-0.2, -0.15) is 0 Å². The third-order valence-electron chi connectivity index (χ3n) is 0.281. The molecule has 0 aromatic carbocycles. The normalized spacial score (nSPS) is 11.2. The van der Waals surface area contributed by atoms with E-state index in [9.17, 15) is 4.32 Å². The summed E-state index contributed by atoms with van der Waals surface area (Å²) in [6, 6.07) is 0. The van der Waals surface area contributed by atoms with E-state index in [4.69, 9.17) is 7.85 Å². The Morgan fingerprint density at radius 1 is 1.67 bits per heavy atom. The van der Waals surface area contributed by atoms with E-state index in [1.807, 2.05) is 0 Å². The van der Waals surface area contributed by atoms with E-state index in [0.29, 0.717) is 7.56 Å². The minimum Gasteiger partial charge on any atom is -0.343 e. The second-order valence-corrected chi connectivity index (χ2v) is 1.93. The Morgan fingerprint density at radius 3 is 1.83 bits per heavy atom. The zero-order chi connectivity index (χ0) is 5.21. The van der Waals surface area contributed by atoms with Gasteiger partial charge in [0.05, 0.1) is 7.85 Å². The van der Waals surface area contributed by atoms with E-state index in [1.165, 1.54) is 0 Å². The van der Waals surface area contributed by atoms with Crippen molar-refractivity contribution < 1.29 is 4.32 Å².